The summed E-state index contributed by atoms with van der Waals surface area (Å²) in [6, 6.07) is 0. The largest absolute Gasteiger partial charge is 0.481 e. The first-order valence-corrected chi connectivity index (χ1v) is 9.77. The van der Waals surface area contributed by atoms with Gasteiger partial charge in [-0.2, -0.15) is 0 Å². The van der Waals surface area contributed by atoms with E-state index in [4.69, 9.17) is 0 Å². The zero-order valence-corrected chi connectivity index (χ0v) is 14.6. The highest BCUT2D eigenvalue weighted by Gasteiger charge is 2.61. The SMILES string of the molecule is C[C@]12CC[C@@H](O)C[C@H]1CC[C@H]1[C@H]3CC[C@H](C(=O)O)[C@@]3(C)CC[C@@H]12. The van der Waals surface area contributed by atoms with Gasteiger partial charge >= 0.3 is 5.97 Å². The van der Waals surface area contributed by atoms with Gasteiger partial charge in [0.2, 0.25) is 0 Å². The molecule has 0 heterocycles. The first-order chi connectivity index (χ1) is 10.9. The summed E-state index contributed by atoms with van der Waals surface area (Å²) in [5.74, 6) is 2.12. The minimum atomic E-state index is -0.561. The van der Waals surface area contributed by atoms with E-state index in [1.165, 1.54) is 25.7 Å². The predicted molar refractivity (Wildman–Crippen MR) is 88.9 cm³/mol. The molecule has 0 aromatic rings. The molecule has 2 N–H and O–H groups in total. The number of aliphatic carboxylic acids is 1. The third-order valence-electron chi connectivity index (χ3n) is 8.94. The van der Waals surface area contributed by atoms with Crippen LogP contribution in [0.25, 0.3) is 0 Å². The van der Waals surface area contributed by atoms with Gasteiger partial charge in [-0.1, -0.05) is 13.8 Å². The van der Waals surface area contributed by atoms with E-state index in [1.807, 2.05) is 0 Å². The van der Waals surface area contributed by atoms with Crippen molar-refractivity contribution in [1.82, 2.24) is 0 Å². The number of carboxylic acid groups (broad SMARTS) is 1. The van der Waals surface area contributed by atoms with E-state index in [2.05, 4.69) is 13.8 Å². The van der Waals surface area contributed by atoms with E-state index in [9.17, 15) is 15.0 Å². The maximum Gasteiger partial charge on any atom is 0.307 e. The maximum absolute atomic E-state index is 11.7. The molecule has 0 aromatic heterocycles. The lowest BCUT2D eigenvalue weighted by Crippen LogP contribution is -2.54. The third-order valence-corrected chi connectivity index (χ3v) is 8.94. The first-order valence-electron chi connectivity index (χ1n) is 9.77. The standard InChI is InChI=1S/C20H32O3/c1-19-9-7-13(21)11-12(19)3-4-14-15-5-6-17(18(22)23)20(15,2)10-8-16(14)19/h12-17,21H,3-11H2,1-2H3,(H,22,23)/t12-,13-,14+,15-,16+,17-,19+,20+/m1/s1. The highest BCUT2D eigenvalue weighted by Crippen LogP contribution is 2.67. The van der Waals surface area contributed by atoms with Crippen molar-refractivity contribution < 1.29 is 15.0 Å². The second-order valence-corrected chi connectivity index (χ2v) is 9.60. The monoisotopic (exact) mass is 320 g/mol. The van der Waals surface area contributed by atoms with Gasteiger partial charge in [0.15, 0.2) is 0 Å². The van der Waals surface area contributed by atoms with Crippen LogP contribution in [-0.2, 0) is 4.79 Å². The molecule has 130 valence electrons. The van der Waals surface area contributed by atoms with E-state index in [0.717, 1.165) is 43.9 Å². The zero-order valence-electron chi connectivity index (χ0n) is 14.6. The van der Waals surface area contributed by atoms with E-state index >= 15 is 0 Å². The minimum absolute atomic E-state index is 0.0321. The second-order valence-electron chi connectivity index (χ2n) is 9.60. The van der Waals surface area contributed by atoms with E-state index < -0.39 is 5.97 Å². The summed E-state index contributed by atoms with van der Waals surface area (Å²) in [7, 11) is 0. The first kappa shape index (κ1) is 15.9. The number of carboxylic acids is 1. The second kappa shape index (κ2) is 5.21. The Morgan fingerprint density at radius 3 is 2.35 bits per heavy atom. The fourth-order valence-electron chi connectivity index (χ4n) is 7.64. The molecule has 0 aliphatic heterocycles. The van der Waals surface area contributed by atoms with Crippen LogP contribution in [0.3, 0.4) is 0 Å². The summed E-state index contributed by atoms with van der Waals surface area (Å²) in [6.07, 6.45) is 9.90. The molecule has 4 fully saturated rings. The van der Waals surface area contributed by atoms with Gasteiger partial charge < -0.3 is 10.2 Å². The Hall–Kier alpha value is -0.570. The molecule has 4 rings (SSSR count). The van der Waals surface area contributed by atoms with Crippen molar-refractivity contribution in [2.24, 2.45) is 40.4 Å². The highest BCUT2D eigenvalue weighted by molar-refractivity contribution is 5.71. The van der Waals surface area contributed by atoms with E-state index in [0.29, 0.717) is 17.3 Å². The summed E-state index contributed by atoms with van der Waals surface area (Å²) in [5, 5.41) is 19.7. The van der Waals surface area contributed by atoms with Crippen molar-refractivity contribution in [1.29, 1.82) is 0 Å². The molecule has 23 heavy (non-hydrogen) atoms. The summed E-state index contributed by atoms with van der Waals surface area (Å²) < 4.78 is 0. The Bertz CT molecular complexity index is 503. The van der Waals surface area contributed by atoms with Crippen molar-refractivity contribution in [2.45, 2.75) is 77.7 Å². The van der Waals surface area contributed by atoms with Crippen LogP contribution in [0.5, 0.6) is 0 Å². The van der Waals surface area contributed by atoms with Crippen LogP contribution in [0.1, 0.15) is 71.6 Å². The van der Waals surface area contributed by atoms with E-state index in [-0.39, 0.29) is 17.4 Å². The van der Waals surface area contributed by atoms with Crippen LogP contribution in [0.2, 0.25) is 0 Å². The van der Waals surface area contributed by atoms with Crippen molar-refractivity contribution in [2.75, 3.05) is 0 Å². The van der Waals surface area contributed by atoms with Crippen LogP contribution in [-0.4, -0.2) is 22.3 Å². The third kappa shape index (κ3) is 2.14. The van der Waals surface area contributed by atoms with Crippen LogP contribution in [0.15, 0.2) is 0 Å². The maximum atomic E-state index is 11.7. The summed E-state index contributed by atoms with van der Waals surface area (Å²) >= 11 is 0. The molecule has 0 saturated heterocycles. The number of aliphatic hydroxyl groups excluding tert-OH is 1. The van der Waals surface area contributed by atoms with Crippen LogP contribution in [0.4, 0.5) is 0 Å². The normalized spacial score (nSPS) is 55.6. The summed E-state index contributed by atoms with van der Waals surface area (Å²) in [4.78, 5) is 11.7. The van der Waals surface area contributed by atoms with Crippen molar-refractivity contribution >= 4 is 5.97 Å². The zero-order chi connectivity index (χ0) is 16.4. The van der Waals surface area contributed by atoms with E-state index in [1.54, 1.807) is 0 Å². The van der Waals surface area contributed by atoms with Gasteiger partial charge in [0.05, 0.1) is 12.0 Å². The summed E-state index contributed by atoms with van der Waals surface area (Å²) in [5.41, 5.74) is 0.426. The molecule has 0 bridgehead atoms. The predicted octanol–water partition coefficient (Wildman–Crippen LogP) is 4.09. The molecule has 0 spiro atoms. The lowest BCUT2D eigenvalue weighted by Gasteiger charge is -2.60. The Labute approximate surface area is 139 Å². The van der Waals surface area contributed by atoms with Crippen LogP contribution in [0, 0.1) is 40.4 Å². The van der Waals surface area contributed by atoms with Crippen molar-refractivity contribution in [3.63, 3.8) is 0 Å². The molecule has 3 heteroatoms. The van der Waals surface area contributed by atoms with Crippen LogP contribution >= 0.6 is 0 Å². The quantitative estimate of drug-likeness (QED) is 0.765. The smallest absolute Gasteiger partial charge is 0.307 e. The molecule has 3 nitrogen and oxygen atoms in total. The molecule has 4 aliphatic carbocycles. The molecule has 0 unspecified atom stereocenters. The molecular weight excluding hydrogens is 288 g/mol. The molecule has 8 atom stereocenters. The lowest BCUT2D eigenvalue weighted by atomic mass is 9.44. The van der Waals surface area contributed by atoms with Gasteiger partial charge in [-0.05, 0) is 92.3 Å². The minimum Gasteiger partial charge on any atom is -0.481 e. The number of carbonyl (C=O) groups is 1. The molecule has 0 radical (unpaired) electrons. The lowest BCUT2D eigenvalue weighted by molar-refractivity contribution is -0.154. The van der Waals surface area contributed by atoms with Crippen molar-refractivity contribution in [3.8, 4) is 0 Å². The van der Waals surface area contributed by atoms with Gasteiger partial charge in [-0.3, -0.25) is 4.79 Å². The highest BCUT2D eigenvalue weighted by atomic mass is 16.4. The van der Waals surface area contributed by atoms with Gasteiger partial charge in [0, 0.05) is 0 Å². The molecule has 0 aromatic carbocycles. The summed E-state index contributed by atoms with van der Waals surface area (Å²) in [6.45, 7) is 4.77. The fraction of sp³-hybridized carbons (Fsp3) is 0.950. The van der Waals surface area contributed by atoms with Crippen LogP contribution < -0.4 is 0 Å². The number of hydrogen-bond acceptors (Lipinski definition) is 2. The number of fused-ring (bicyclic) bond motifs is 5. The molecule has 0 amide bonds. The molecular formula is C20H32O3. The average molecular weight is 320 g/mol. The van der Waals surface area contributed by atoms with Gasteiger partial charge in [-0.15, -0.1) is 0 Å². The topological polar surface area (TPSA) is 57.5 Å². The Kier molecular flexibility index (Phi) is 3.61. The Morgan fingerprint density at radius 1 is 0.913 bits per heavy atom. The average Bonchev–Trinajstić information content (AvgIpc) is 2.85. The van der Waals surface area contributed by atoms with Crippen molar-refractivity contribution in [3.05, 3.63) is 0 Å². The van der Waals surface area contributed by atoms with Gasteiger partial charge in [0.25, 0.3) is 0 Å². The number of hydrogen-bond donors (Lipinski definition) is 2. The molecule has 4 saturated carbocycles. The fourth-order valence-corrected chi connectivity index (χ4v) is 7.64. The van der Waals surface area contributed by atoms with Gasteiger partial charge in [-0.25, -0.2) is 0 Å². The van der Waals surface area contributed by atoms with Gasteiger partial charge in [0.1, 0.15) is 0 Å². The Balaban J connectivity index is 1.61. The molecule has 4 aliphatic rings. The number of rotatable bonds is 1. The Morgan fingerprint density at radius 2 is 1.61 bits per heavy atom. The number of aliphatic hydroxyl groups is 1.